The van der Waals surface area contributed by atoms with E-state index in [4.69, 9.17) is 5.11 Å². The largest absolute Gasteiger partial charge is 0.481 e. The molecule has 1 N–H and O–H groups in total. The molecule has 1 saturated heterocycles. The maximum atomic E-state index is 12.7. The van der Waals surface area contributed by atoms with Crippen LogP contribution in [-0.2, 0) is 15.0 Å². The summed E-state index contributed by atoms with van der Waals surface area (Å²) < 4.78 is 0. The number of carboxylic acids is 1. The molecule has 2 atom stereocenters. The monoisotopic (exact) mass is 275 g/mol. The summed E-state index contributed by atoms with van der Waals surface area (Å²) in [6.07, 6.45) is 0. The van der Waals surface area contributed by atoms with E-state index in [1.54, 1.807) is 4.90 Å². The number of aliphatic carboxylic acids is 1. The molecule has 1 aromatic carbocycles. The predicted octanol–water partition coefficient (Wildman–Crippen LogP) is 2.14. The van der Waals surface area contributed by atoms with Crippen LogP contribution >= 0.6 is 0 Å². The molecule has 0 bridgehead atoms. The van der Waals surface area contributed by atoms with Gasteiger partial charge in [0.05, 0.1) is 11.3 Å². The highest BCUT2D eigenvalue weighted by atomic mass is 16.4. The van der Waals surface area contributed by atoms with Gasteiger partial charge in [0, 0.05) is 13.1 Å². The second-order valence-corrected chi connectivity index (χ2v) is 6.12. The van der Waals surface area contributed by atoms with E-state index in [-0.39, 0.29) is 11.8 Å². The van der Waals surface area contributed by atoms with Crippen LogP contribution in [0, 0.1) is 11.8 Å². The van der Waals surface area contributed by atoms with Crippen LogP contribution in [0.1, 0.15) is 26.3 Å². The molecule has 2 rings (SSSR count). The molecular formula is C16H21NO3. The van der Waals surface area contributed by atoms with E-state index in [9.17, 15) is 9.59 Å². The Kier molecular flexibility index (Phi) is 3.84. The van der Waals surface area contributed by atoms with Gasteiger partial charge in [-0.1, -0.05) is 37.3 Å². The molecule has 20 heavy (non-hydrogen) atoms. The first-order valence-electron chi connectivity index (χ1n) is 6.91. The van der Waals surface area contributed by atoms with Gasteiger partial charge in [-0.25, -0.2) is 0 Å². The second-order valence-electron chi connectivity index (χ2n) is 6.12. The van der Waals surface area contributed by atoms with Crippen molar-refractivity contribution in [2.75, 3.05) is 13.1 Å². The van der Waals surface area contributed by atoms with Crippen molar-refractivity contribution in [1.29, 1.82) is 0 Å². The number of likely N-dealkylation sites (tertiary alicyclic amines) is 1. The first-order valence-corrected chi connectivity index (χ1v) is 6.91. The Labute approximate surface area is 119 Å². The van der Waals surface area contributed by atoms with Gasteiger partial charge in [0.15, 0.2) is 0 Å². The van der Waals surface area contributed by atoms with Gasteiger partial charge in [0.1, 0.15) is 0 Å². The van der Waals surface area contributed by atoms with Gasteiger partial charge in [-0.3, -0.25) is 9.59 Å². The third-order valence-corrected chi connectivity index (χ3v) is 4.25. The Morgan fingerprint density at radius 2 is 1.80 bits per heavy atom. The Balaban J connectivity index is 2.18. The summed E-state index contributed by atoms with van der Waals surface area (Å²) in [5, 5.41) is 9.17. The molecule has 108 valence electrons. The average Bonchev–Trinajstić information content (AvgIpc) is 2.81. The van der Waals surface area contributed by atoms with Crippen LogP contribution in [-0.4, -0.2) is 35.0 Å². The standard InChI is InChI=1S/C16H21NO3/c1-11-9-17(10-13(11)14(18)19)15(20)16(2,3)12-7-5-4-6-8-12/h4-8,11,13H,9-10H2,1-3H3,(H,18,19)/t11-,13-/m1/s1. The number of amides is 1. The van der Waals surface area contributed by atoms with Crippen molar-refractivity contribution >= 4 is 11.9 Å². The van der Waals surface area contributed by atoms with E-state index in [0.717, 1.165) is 5.56 Å². The molecule has 0 radical (unpaired) electrons. The highest BCUT2D eigenvalue weighted by molar-refractivity contribution is 5.88. The smallest absolute Gasteiger partial charge is 0.308 e. The number of carboxylic acid groups (broad SMARTS) is 1. The van der Waals surface area contributed by atoms with Crippen molar-refractivity contribution in [3.63, 3.8) is 0 Å². The summed E-state index contributed by atoms with van der Waals surface area (Å²) in [6, 6.07) is 9.62. The molecule has 4 heteroatoms. The van der Waals surface area contributed by atoms with E-state index in [1.807, 2.05) is 51.1 Å². The molecule has 1 amide bonds. The van der Waals surface area contributed by atoms with Crippen molar-refractivity contribution in [2.45, 2.75) is 26.2 Å². The van der Waals surface area contributed by atoms with Crippen LogP contribution in [0.15, 0.2) is 30.3 Å². The predicted molar refractivity (Wildman–Crippen MR) is 76.3 cm³/mol. The first kappa shape index (κ1) is 14.6. The van der Waals surface area contributed by atoms with Crippen molar-refractivity contribution in [3.05, 3.63) is 35.9 Å². The Morgan fingerprint density at radius 3 is 2.30 bits per heavy atom. The minimum absolute atomic E-state index is 0.000648. The minimum Gasteiger partial charge on any atom is -0.481 e. The van der Waals surface area contributed by atoms with Gasteiger partial charge < -0.3 is 10.0 Å². The van der Waals surface area contributed by atoms with Gasteiger partial charge in [0.25, 0.3) is 0 Å². The highest BCUT2D eigenvalue weighted by Crippen LogP contribution is 2.30. The summed E-state index contributed by atoms with van der Waals surface area (Å²) in [6.45, 7) is 6.51. The summed E-state index contributed by atoms with van der Waals surface area (Å²) in [4.78, 5) is 25.6. The summed E-state index contributed by atoms with van der Waals surface area (Å²) in [5.41, 5.74) is 0.324. The van der Waals surface area contributed by atoms with Crippen molar-refractivity contribution in [1.82, 2.24) is 4.90 Å². The molecule has 1 heterocycles. The minimum atomic E-state index is -0.815. The van der Waals surface area contributed by atoms with Crippen LogP contribution in [0.5, 0.6) is 0 Å². The maximum Gasteiger partial charge on any atom is 0.308 e. The third-order valence-electron chi connectivity index (χ3n) is 4.25. The molecule has 0 unspecified atom stereocenters. The summed E-state index contributed by atoms with van der Waals surface area (Å²) in [5.74, 6) is -1.27. The zero-order valence-corrected chi connectivity index (χ0v) is 12.2. The molecule has 0 saturated carbocycles. The lowest BCUT2D eigenvalue weighted by Gasteiger charge is -2.29. The molecule has 1 aliphatic rings. The van der Waals surface area contributed by atoms with Crippen LogP contribution in [0.2, 0.25) is 0 Å². The van der Waals surface area contributed by atoms with Crippen LogP contribution in [0.3, 0.4) is 0 Å². The van der Waals surface area contributed by atoms with Gasteiger partial charge >= 0.3 is 5.97 Å². The normalized spacial score (nSPS) is 22.9. The van der Waals surface area contributed by atoms with Gasteiger partial charge in [-0.05, 0) is 25.3 Å². The molecule has 1 fully saturated rings. The molecular weight excluding hydrogens is 254 g/mol. The van der Waals surface area contributed by atoms with E-state index in [1.165, 1.54) is 0 Å². The quantitative estimate of drug-likeness (QED) is 0.919. The summed E-state index contributed by atoms with van der Waals surface area (Å²) >= 11 is 0. The number of hydrogen-bond donors (Lipinski definition) is 1. The lowest BCUT2D eigenvalue weighted by atomic mass is 9.83. The number of hydrogen-bond acceptors (Lipinski definition) is 2. The van der Waals surface area contributed by atoms with E-state index < -0.39 is 17.3 Å². The van der Waals surface area contributed by atoms with Crippen LogP contribution in [0.4, 0.5) is 0 Å². The molecule has 0 spiro atoms. The lowest BCUT2D eigenvalue weighted by Crippen LogP contribution is -2.42. The van der Waals surface area contributed by atoms with Crippen molar-refractivity contribution < 1.29 is 14.7 Å². The highest BCUT2D eigenvalue weighted by Gasteiger charge is 2.42. The SMILES string of the molecule is C[C@@H]1CN(C(=O)C(C)(C)c2ccccc2)C[C@H]1C(=O)O. The molecule has 4 nitrogen and oxygen atoms in total. The lowest BCUT2D eigenvalue weighted by molar-refractivity contribution is -0.142. The van der Waals surface area contributed by atoms with Gasteiger partial charge in [0.2, 0.25) is 5.91 Å². The fourth-order valence-corrected chi connectivity index (χ4v) is 2.83. The molecule has 1 aliphatic heterocycles. The average molecular weight is 275 g/mol. The fourth-order valence-electron chi connectivity index (χ4n) is 2.83. The third kappa shape index (κ3) is 2.55. The first-order chi connectivity index (χ1) is 9.34. The van der Waals surface area contributed by atoms with E-state index in [2.05, 4.69) is 0 Å². The summed E-state index contributed by atoms with van der Waals surface area (Å²) in [7, 11) is 0. The number of carbonyl (C=O) groups is 2. The Morgan fingerprint density at radius 1 is 1.20 bits per heavy atom. The number of benzene rings is 1. The Hall–Kier alpha value is -1.84. The zero-order valence-electron chi connectivity index (χ0n) is 12.2. The van der Waals surface area contributed by atoms with Gasteiger partial charge in [-0.2, -0.15) is 0 Å². The van der Waals surface area contributed by atoms with E-state index in [0.29, 0.717) is 13.1 Å². The number of carbonyl (C=O) groups excluding carboxylic acids is 1. The van der Waals surface area contributed by atoms with Gasteiger partial charge in [-0.15, -0.1) is 0 Å². The van der Waals surface area contributed by atoms with Crippen molar-refractivity contribution in [2.24, 2.45) is 11.8 Å². The number of rotatable bonds is 3. The number of nitrogens with zero attached hydrogens (tertiary/aromatic N) is 1. The maximum absolute atomic E-state index is 12.7. The van der Waals surface area contributed by atoms with Crippen LogP contribution < -0.4 is 0 Å². The van der Waals surface area contributed by atoms with Crippen molar-refractivity contribution in [3.8, 4) is 0 Å². The fraction of sp³-hybridized carbons (Fsp3) is 0.500. The Bertz CT molecular complexity index is 510. The van der Waals surface area contributed by atoms with E-state index >= 15 is 0 Å². The molecule has 0 aromatic heterocycles. The van der Waals surface area contributed by atoms with Crippen LogP contribution in [0.25, 0.3) is 0 Å². The second kappa shape index (κ2) is 5.27. The molecule has 1 aromatic rings. The molecule has 0 aliphatic carbocycles. The topological polar surface area (TPSA) is 57.6 Å². The zero-order chi connectivity index (χ0) is 14.9.